The van der Waals surface area contributed by atoms with Gasteiger partial charge in [-0.15, -0.1) is 0 Å². The summed E-state index contributed by atoms with van der Waals surface area (Å²) in [4.78, 5) is 39.7. The summed E-state index contributed by atoms with van der Waals surface area (Å²) in [5.74, 6) is -3.05. The van der Waals surface area contributed by atoms with Crippen molar-refractivity contribution in [2.75, 3.05) is 0 Å². The van der Waals surface area contributed by atoms with E-state index in [0.29, 0.717) is 5.56 Å². The number of ketones is 3. The van der Waals surface area contributed by atoms with Crippen LogP contribution in [0.2, 0.25) is 0 Å². The number of Topliss-reactive ketones (excluding diaryl/α,β-unsaturated/α-hetero) is 3. The van der Waals surface area contributed by atoms with Crippen LogP contribution >= 0.6 is 0 Å². The Bertz CT molecular complexity index is 1240. The first-order valence-electron chi connectivity index (χ1n) is 9.51. The van der Waals surface area contributed by atoms with Crippen molar-refractivity contribution in [1.82, 2.24) is 0 Å². The van der Waals surface area contributed by atoms with Crippen LogP contribution in [0.15, 0.2) is 90.2 Å². The fraction of sp³-hybridized carbons (Fsp3) is 0.0800. The third kappa shape index (κ3) is 2.63. The summed E-state index contributed by atoms with van der Waals surface area (Å²) in [6, 6.07) is 20.8. The Hall–Kier alpha value is -3.86. The van der Waals surface area contributed by atoms with Crippen LogP contribution in [-0.2, 0) is 4.74 Å². The van der Waals surface area contributed by atoms with E-state index in [0.717, 1.165) is 0 Å². The van der Waals surface area contributed by atoms with E-state index >= 15 is 0 Å². The summed E-state index contributed by atoms with van der Waals surface area (Å²) >= 11 is 0. The van der Waals surface area contributed by atoms with Crippen LogP contribution in [0.25, 0.3) is 0 Å². The van der Waals surface area contributed by atoms with Crippen molar-refractivity contribution < 1.29 is 23.5 Å². The summed E-state index contributed by atoms with van der Waals surface area (Å²) in [5, 5.41) is 0. The van der Waals surface area contributed by atoms with Gasteiger partial charge in [0.25, 0.3) is 0 Å². The summed E-state index contributed by atoms with van der Waals surface area (Å²) in [6.45, 7) is 0. The van der Waals surface area contributed by atoms with Crippen molar-refractivity contribution in [3.63, 3.8) is 0 Å². The fourth-order valence-corrected chi connectivity index (χ4v) is 4.14. The molecule has 0 N–H and O–H groups in total. The monoisotopic (exact) mass is 398 g/mol. The molecule has 0 bridgehead atoms. The van der Waals surface area contributed by atoms with E-state index < -0.39 is 35.2 Å². The quantitative estimate of drug-likeness (QED) is 0.609. The Balaban J connectivity index is 1.69. The van der Waals surface area contributed by atoms with Gasteiger partial charge in [0.2, 0.25) is 11.6 Å². The number of allylic oxidation sites excluding steroid dienone is 1. The number of carbonyl (C=O) groups excluding carboxylic acids is 3. The van der Waals surface area contributed by atoms with Crippen LogP contribution in [0.1, 0.15) is 42.6 Å². The third-order valence-electron chi connectivity index (χ3n) is 5.53. The predicted octanol–water partition coefficient (Wildman–Crippen LogP) is 4.52. The maximum Gasteiger partial charge on any atom is 0.228 e. The standard InChI is InChI=1S/C25H15FO4/c26-18-13-7-6-12-17(18)19-20-22(28)15-10-4-5-11-16(15)23(29)25(20)30-24(19)21(27)14-8-2-1-3-9-14/h1-13,19,24H/t19-,24-/m1/s1. The Kier molecular flexibility index (Phi) is 4.17. The molecule has 146 valence electrons. The molecule has 1 heterocycles. The highest BCUT2D eigenvalue weighted by atomic mass is 19.1. The lowest BCUT2D eigenvalue weighted by Gasteiger charge is -2.21. The first-order chi connectivity index (χ1) is 14.6. The van der Waals surface area contributed by atoms with Crippen LogP contribution in [0.5, 0.6) is 0 Å². The van der Waals surface area contributed by atoms with Crippen molar-refractivity contribution >= 4 is 17.3 Å². The summed E-state index contributed by atoms with van der Waals surface area (Å²) in [7, 11) is 0. The highest BCUT2D eigenvalue weighted by Crippen LogP contribution is 2.46. The number of hydrogen-bond donors (Lipinski definition) is 0. The molecule has 0 aromatic heterocycles. The van der Waals surface area contributed by atoms with Gasteiger partial charge >= 0.3 is 0 Å². The van der Waals surface area contributed by atoms with Crippen LogP contribution in [0.3, 0.4) is 0 Å². The molecule has 3 aromatic carbocycles. The Morgan fingerprint density at radius 1 is 0.767 bits per heavy atom. The molecule has 2 atom stereocenters. The number of hydrogen-bond acceptors (Lipinski definition) is 4. The van der Waals surface area contributed by atoms with Crippen molar-refractivity contribution in [2.24, 2.45) is 0 Å². The number of halogens is 1. The maximum absolute atomic E-state index is 14.8. The molecule has 0 amide bonds. The number of ether oxygens (including phenoxy) is 1. The van der Waals surface area contributed by atoms with Gasteiger partial charge < -0.3 is 4.74 Å². The number of fused-ring (bicyclic) bond motifs is 1. The van der Waals surface area contributed by atoms with Gasteiger partial charge in [-0.05, 0) is 11.6 Å². The third-order valence-corrected chi connectivity index (χ3v) is 5.53. The molecular formula is C25H15FO4. The average Bonchev–Trinajstić information content (AvgIpc) is 3.19. The van der Waals surface area contributed by atoms with E-state index in [1.165, 1.54) is 18.2 Å². The zero-order valence-corrected chi connectivity index (χ0v) is 15.7. The van der Waals surface area contributed by atoms with Crippen molar-refractivity contribution in [2.45, 2.75) is 12.0 Å². The highest BCUT2D eigenvalue weighted by molar-refractivity contribution is 6.27. The normalized spacial score (nSPS) is 19.9. The number of benzene rings is 3. The molecule has 5 rings (SSSR count). The lowest BCUT2D eigenvalue weighted by molar-refractivity contribution is 0.0639. The first kappa shape index (κ1) is 18.2. The molecule has 0 saturated carbocycles. The van der Waals surface area contributed by atoms with Crippen molar-refractivity contribution in [3.05, 3.63) is 118 Å². The topological polar surface area (TPSA) is 60.4 Å². The molecule has 0 radical (unpaired) electrons. The van der Waals surface area contributed by atoms with Gasteiger partial charge in [0, 0.05) is 16.7 Å². The predicted molar refractivity (Wildman–Crippen MR) is 107 cm³/mol. The summed E-state index contributed by atoms with van der Waals surface area (Å²) in [5.41, 5.74) is 1.01. The van der Waals surface area contributed by atoms with Gasteiger partial charge in [-0.1, -0.05) is 72.8 Å². The molecule has 4 nitrogen and oxygen atoms in total. The first-order valence-corrected chi connectivity index (χ1v) is 9.51. The minimum Gasteiger partial charge on any atom is -0.477 e. The Morgan fingerprint density at radius 2 is 1.37 bits per heavy atom. The van der Waals surface area contributed by atoms with Crippen LogP contribution in [0.4, 0.5) is 4.39 Å². The van der Waals surface area contributed by atoms with Gasteiger partial charge in [-0.25, -0.2) is 4.39 Å². The molecule has 0 saturated heterocycles. The second-order valence-electron chi connectivity index (χ2n) is 7.21. The molecule has 1 aliphatic heterocycles. The molecule has 3 aromatic rings. The smallest absolute Gasteiger partial charge is 0.228 e. The molecule has 5 heteroatoms. The van der Waals surface area contributed by atoms with E-state index in [-0.39, 0.29) is 28.0 Å². The minimum atomic E-state index is -1.21. The lowest BCUT2D eigenvalue weighted by Crippen LogP contribution is -2.29. The lowest BCUT2D eigenvalue weighted by atomic mass is 9.77. The summed E-state index contributed by atoms with van der Waals surface area (Å²) in [6.07, 6.45) is -1.21. The fourth-order valence-electron chi connectivity index (χ4n) is 4.14. The number of carbonyl (C=O) groups is 3. The van der Waals surface area contributed by atoms with Gasteiger partial charge in [0.05, 0.1) is 11.5 Å². The Labute approximate surface area is 171 Å². The van der Waals surface area contributed by atoms with E-state index in [2.05, 4.69) is 0 Å². The Morgan fingerprint density at radius 3 is 2.07 bits per heavy atom. The van der Waals surface area contributed by atoms with E-state index in [4.69, 9.17) is 4.74 Å². The van der Waals surface area contributed by atoms with Crippen molar-refractivity contribution in [1.29, 1.82) is 0 Å². The van der Waals surface area contributed by atoms with Crippen molar-refractivity contribution in [3.8, 4) is 0 Å². The highest BCUT2D eigenvalue weighted by Gasteiger charge is 2.50. The minimum absolute atomic E-state index is 0.0399. The SMILES string of the molecule is O=C1C2=C(C(=O)c3ccccc31)[C@@H](c1ccccc1F)[C@H](C(=O)c1ccccc1)O2. The van der Waals surface area contributed by atoms with Gasteiger partial charge in [-0.2, -0.15) is 0 Å². The van der Waals surface area contributed by atoms with Crippen LogP contribution in [0, 0.1) is 5.82 Å². The molecule has 2 aliphatic rings. The largest absolute Gasteiger partial charge is 0.477 e. The average molecular weight is 398 g/mol. The zero-order chi connectivity index (χ0) is 20.8. The van der Waals surface area contributed by atoms with Crippen LogP contribution < -0.4 is 0 Å². The second-order valence-corrected chi connectivity index (χ2v) is 7.21. The maximum atomic E-state index is 14.8. The molecule has 0 unspecified atom stereocenters. The van der Waals surface area contributed by atoms with Gasteiger partial charge in [0.1, 0.15) is 5.82 Å². The summed E-state index contributed by atoms with van der Waals surface area (Å²) < 4.78 is 20.6. The van der Waals surface area contributed by atoms with E-state index in [1.54, 1.807) is 60.7 Å². The zero-order valence-electron chi connectivity index (χ0n) is 15.7. The van der Waals surface area contributed by atoms with Crippen LogP contribution in [-0.4, -0.2) is 23.5 Å². The molecule has 0 spiro atoms. The van der Waals surface area contributed by atoms with Gasteiger partial charge in [0.15, 0.2) is 17.6 Å². The molecule has 0 fully saturated rings. The number of rotatable bonds is 3. The molecular weight excluding hydrogens is 383 g/mol. The van der Waals surface area contributed by atoms with E-state index in [1.807, 2.05) is 0 Å². The molecule has 30 heavy (non-hydrogen) atoms. The second kappa shape index (κ2) is 6.88. The molecule has 1 aliphatic carbocycles. The van der Waals surface area contributed by atoms with Gasteiger partial charge in [-0.3, -0.25) is 14.4 Å². The van der Waals surface area contributed by atoms with E-state index in [9.17, 15) is 18.8 Å².